The summed E-state index contributed by atoms with van der Waals surface area (Å²) in [4.78, 5) is 27.0. The summed E-state index contributed by atoms with van der Waals surface area (Å²) in [6, 6.07) is 16.7. The van der Waals surface area contributed by atoms with E-state index in [4.69, 9.17) is 0 Å². The zero-order valence-corrected chi connectivity index (χ0v) is 14.1. The van der Waals surface area contributed by atoms with Gasteiger partial charge >= 0.3 is 0 Å². The van der Waals surface area contributed by atoms with Gasteiger partial charge in [0.2, 0.25) is 5.91 Å². The van der Waals surface area contributed by atoms with Crippen LogP contribution in [0.5, 0.6) is 0 Å². The van der Waals surface area contributed by atoms with Crippen LogP contribution in [0.3, 0.4) is 0 Å². The van der Waals surface area contributed by atoms with Gasteiger partial charge in [0.1, 0.15) is 12.2 Å². The Hall–Kier alpha value is -2.73. The Morgan fingerprint density at radius 1 is 1.12 bits per heavy atom. The standard InChI is InChI=1S/C18H17N3O2S/c1-20(12-14-6-3-2-4-7-14)18(23)13-21-17(22)10-9-15(19-21)16-8-5-11-24-16/h2-11H,12-13H2,1H3. The second kappa shape index (κ2) is 7.23. The molecule has 122 valence electrons. The summed E-state index contributed by atoms with van der Waals surface area (Å²) in [5.74, 6) is -0.156. The summed E-state index contributed by atoms with van der Waals surface area (Å²) in [6.07, 6.45) is 0. The van der Waals surface area contributed by atoms with Crippen molar-refractivity contribution < 1.29 is 4.79 Å². The number of aromatic nitrogens is 2. The lowest BCUT2D eigenvalue weighted by Crippen LogP contribution is -2.34. The molecule has 0 unspecified atom stereocenters. The number of hydrogen-bond acceptors (Lipinski definition) is 4. The summed E-state index contributed by atoms with van der Waals surface area (Å²) < 4.78 is 1.22. The average molecular weight is 339 g/mol. The fraction of sp³-hybridized carbons (Fsp3) is 0.167. The molecule has 0 saturated heterocycles. The molecule has 0 saturated carbocycles. The minimum absolute atomic E-state index is 0.0681. The van der Waals surface area contributed by atoms with Crippen molar-refractivity contribution in [2.24, 2.45) is 0 Å². The van der Waals surface area contributed by atoms with E-state index in [-0.39, 0.29) is 18.0 Å². The highest BCUT2D eigenvalue weighted by Crippen LogP contribution is 2.21. The van der Waals surface area contributed by atoms with Crippen LogP contribution in [0.1, 0.15) is 5.56 Å². The van der Waals surface area contributed by atoms with Crippen LogP contribution in [-0.2, 0) is 17.9 Å². The van der Waals surface area contributed by atoms with Crippen molar-refractivity contribution in [2.45, 2.75) is 13.1 Å². The summed E-state index contributed by atoms with van der Waals surface area (Å²) in [5, 5.41) is 6.26. The Kier molecular flexibility index (Phi) is 4.86. The molecule has 1 aromatic carbocycles. The zero-order valence-electron chi connectivity index (χ0n) is 13.3. The van der Waals surface area contributed by atoms with Crippen LogP contribution in [0.25, 0.3) is 10.6 Å². The molecule has 3 aromatic rings. The molecule has 2 aromatic heterocycles. The molecule has 1 amide bonds. The van der Waals surface area contributed by atoms with Gasteiger partial charge in [-0.15, -0.1) is 11.3 Å². The first-order valence-corrected chi connectivity index (χ1v) is 8.41. The van der Waals surface area contributed by atoms with E-state index in [1.54, 1.807) is 29.4 Å². The maximum Gasteiger partial charge on any atom is 0.267 e. The Bertz CT molecular complexity index is 873. The first kappa shape index (κ1) is 16.1. The molecular weight excluding hydrogens is 322 g/mol. The van der Waals surface area contributed by atoms with Gasteiger partial charge in [0.05, 0.1) is 4.88 Å². The normalized spacial score (nSPS) is 10.5. The highest BCUT2D eigenvalue weighted by atomic mass is 32.1. The third kappa shape index (κ3) is 3.78. The Morgan fingerprint density at radius 2 is 1.92 bits per heavy atom. The summed E-state index contributed by atoms with van der Waals surface area (Å²) in [7, 11) is 1.73. The van der Waals surface area contributed by atoms with Gasteiger partial charge in [-0.2, -0.15) is 5.10 Å². The second-order valence-electron chi connectivity index (χ2n) is 5.43. The van der Waals surface area contributed by atoms with Gasteiger partial charge in [-0.05, 0) is 23.1 Å². The van der Waals surface area contributed by atoms with Crippen LogP contribution in [-0.4, -0.2) is 27.6 Å². The van der Waals surface area contributed by atoms with Crippen LogP contribution in [0, 0.1) is 0 Å². The van der Waals surface area contributed by atoms with E-state index in [0.717, 1.165) is 10.4 Å². The van der Waals surface area contributed by atoms with E-state index in [0.29, 0.717) is 12.2 Å². The van der Waals surface area contributed by atoms with Crippen molar-refractivity contribution >= 4 is 17.2 Å². The summed E-state index contributed by atoms with van der Waals surface area (Å²) >= 11 is 1.54. The summed E-state index contributed by atoms with van der Waals surface area (Å²) in [6.45, 7) is 0.431. The summed E-state index contributed by atoms with van der Waals surface area (Å²) in [5.41, 5.74) is 1.46. The van der Waals surface area contributed by atoms with Crippen LogP contribution in [0.4, 0.5) is 0 Å². The molecule has 0 aliphatic rings. The number of hydrogen-bond donors (Lipinski definition) is 0. The third-order valence-electron chi connectivity index (χ3n) is 3.61. The maximum atomic E-state index is 12.4. The van der Waals surface area contributed by atoms with Crippen LogP contribution in [0.2, 0.25) is 0 Å². The fourth-order valence-corrected chi connectivity index (χ4v) is 3.00. The lowest BCUT2D eigenvalue weighted by atomic mass is 10.2. The monoisotopic (exact) mass is 339 g/mol. The number of thiophene rings is 1. The van der Waals surface area contributed by atoms with Crippen molar-refractivity contribution in [3.8, 4) is 10.6 Å². The molecular formula is C18H17N3O2S. The number of nitrogens with zero attached hydrogens (tertiary/aromatic N) is 3. The number of carbonyl (C=O) groups excluding carboxylic acids is 1. The van der Waals surface area contributed by atoms with Crippen LogP contribution < -0.4 is 5.56 Å². The molecule has 3 rings (SSSR count). The molecule has 0 fully saturated rings. The van der Waals surface area contributed by atoms with Gasteiger partial charge in [0, 0.05) is 19.7 Å². The van der Waals surface area contributed by atoms with Gasteiger partial charge < -0.3 is 4.90 Å². The largest absolute Gasteiger partial charge is 0.340 e. The predicted molar refractivity (Wildman–Crippen MR) is 94.7 cm³/mol. The van der Waals surface area contributed by atoms with Crippen molar-refractivity contribution in [2.75, 3.05) is 7.05 Å². The van der Waals surface area contributed by atoms with E-state index in [2.05, 4.69) is 5.10 Å². The number of likely N-dealkylation sites (N-methyl/N-ethyl adjacent to an activating group) is 1. The van der Waals surface area contributed by atoms with E-state index >= 15 is 0 Å². The van der Waals surface area contributed by atoms with Gasteiger partial charge in [-0.1, -0.05) is 36.4 Å². The second-order valence-corrected chi connectivity index (χ2v) is 6.37. The molecule has 0 spiro atoms. The smallest absolute Gasteiger partial charge is 0.267 e. The number of carbonyl (C=O) groups is 1. The SMILES string of the molecule is CN(Cc1ccccc1)C(=O)Cn1nc(-c2cccs2)ccc1=O. The fourth-order valence-electron chi connectivity index (χ4n) is 2.31. The van der Waals surface area contributed by atoms with E-state index in [1.165, 1.54) is 10.7 Å². The van der Waals surface area contributed by atoms with Crippen LogP contribution in [0.15, 0.2) is 64.8 Å². The lowest BCUT2D eigenvalue weighted by molar-refractivity contribution is -0.131. The van der Waals surface area contributed by atoms with E-state index in [9.17, 15) is 9.59 Å². The molecule has 5 nitrogen and oxygen atoms in total. The molecule has 0 aliphatic heterocycles. The molecule has 6 heteroatoms. The van der Waals surface area contributed by atoms with Crippen molar-refractivity contribution in [1.29, 1.82) is 0 Å². The van der Waals surface area contributed by atoms with Crippen molar-refractivity contribution in [3.05, 3.63) is 75.9 Å². The molecule has 24 heavy (non-hydrogen) atoms. The van der Waals surface area contributed by atoms with Gasteiger partial charge in [-0.25, -0.2) is 4.68 Å². The Labute approximate surface area is 143 Å². The van der Waals surface area contributed by atoms with Gasteiger partial charge in [0.15, 0.2) is 0 Å². The van der Waals surface area contributed by atoms with Crippen molar-refractivity contribution in [3.63, 3.8) is 0 Å². The van der Waals surface area contributed by atoms with Gasteiger partial charge in [0.25, 0.3) is 5.56 Å². The zero-order chi connectivity index (χ0) is 16.9. The molecule has 0 N–H and O–H groups in total. The predicted octanol–water partition coefficient (Wildman–Crippen LogP) is 2.63. The molecule has 0 radical (unpaired) electrons. The molecule has 2 heterocycles. The topological polar surface area (TPSA) is 55.2 Å². The number of rotatable bonds is 5. The number of amides is 1. The Balaban J connectivity index is 1.74. The lowest BCUT2D eigenvalue weighted by Gasteiger charge is -2.17. The Morgan fingerprint density at radius 3 is 2.62 bits per heavy atom. The van der Waals surface area contributed by atoms with E-state index < -0.39 is 0 Å². The van der Waals surface area contributed by atoms with E-state index in [1.807, 2.05) is 47.8 Å². The van der Waals surface area contributed by atoms with Crippen molar-refractivity contribution in [1.82, 2.24) is 14.7 Å². The first-order valence-electron chi connectivity index (χ1n) is 7.53. The molecule has 0 aliphatic carbocycles. The molecule has 0 bridgehead atoms. The minimum Gasteiger partial charge on any atom is -0.340 e. The highest BCUT2D eigenvalue weighted by Gasteiger charge is 2.13. The highest BCUT2D eigenvalue weighted by molar-refractivity contribution is 7.13. The first-order chi connectivity index (χ1) is 11.6. The minimum atomic E-state index is -0.281. The van der Waals surface area contributed by atoms with Gasteiger partial charge in [-0.3, -0.25) is 9.59 Å². The van der Waals surface area contributed by atoms with Crippen LogP contribution >= 0.6 is 11.3 Å². The molecule has 0 atom stereocenters. The average Bonchev–Trinajstić information content (AvgIpc) is 3.12. The quantitative estimate of drug-likeness (QED) is 0.718. The number of benzene rings is 1. The third-order valence-corrected chi connectivity index (χ3v) is 4.51. The maximum absolute atomic E-state index is 12.4.